The van der Waals surface area contributed by atoms with Gasteiger partial charge in [-0.15, -0.1) is 0 Å². The van der Waals surface area contributed by atoms with Gasteiger partial charge in [0, 0.05) is 56.6 Å². The van der Waals surface area contributed by atoms with Crippen molar-refractivity contribution >= 4 is 32.9 Å². The number of nitro benzene ring substituents is 1. The van der Waals surface area contributed by atoms with Crippen LogP contribution in [0.5, 0.6) is 0 Å². The first-order chi connectivity index (χ1) is 15.8. The number of benzene rings is 2. The highest BCUT2D eigenvalue weighted by atomic mass is 32.2. The van der Waals surface area contributed by atoms with E-state index < -0.39 is 14.9 Å². The molecular weight excluding hydrogens is 444 g/mol. The zero-order valence-corrected chi connectivity index (χ0v) is 19.5. The van der Waals surface area contributed by atoms with Gasteiger partial charge in [-0.05, 0) is 56.2 Å². The lowest BCUT2D eigenvalue weighted by atomic mass is 10.1. The summed E-state index contributed by atoms with van der Waals surface area (Å²) >= 11 is 0. The van der Waals surface area contributed by atoms with Crippen molar-refractivity contribution in [2.75, 3.05) is 49.1 Å². The number of sulfonamides is 1. The smallest absolute Gasteiger partial charge is 0.293 e. The Morgan fingerprint density at radius 1 is 0.879 bits per heavy atom. The van der Waals surface area contributed by atoms with Crippen LogP contribution >= 0.6 is 0 Å². The molecule has 10 heteroatoms. The lowest BCUT2D eigenvalue weighted by Crippen LogP contribution is -2.46. The molecule has 0 unspecified atom stereocenters. The Morgan fingerprint density at radius 3 is 2.06 bits per heavy atom. The predicted octanol–water partition coefficient (Wildman–Crippen LogP) is 3.30. The summed E-state index contributed by atoms with van der Waals surface area (Å²) in [6.45, 7) is 4.88. The molecule has 0 N–H and O–H groups in total. The number of hydrogen-bond acceptors (Lipinski definition) is 7. The summed E-state index contributed by atoms with van der Waals surface area (Å²) in [7, 11) is -3.74. The zero-order valence-electron chi connectivity index (χ0n) is 18.6. The second-order valence-corrected chi connectivity index (χ2v) is 10.4. The second kappa shape index (κ2) is 9.48. The van der Waals surface area contributed by atoms with Crippen molar-refractivity contribution in [2.45, 2.75) is 31.1 Å². The molecule has 0 radical (unpaired) electrons. The van der Waals surface area contributed by atoms with Crippen LogP contribution in [0.2, 0.25) is 0 Å². The number of ketones is 1. The van der Waals surface area contributed by atoms with Gasteiger partial charge < -0.3 is 9.80 Å². The van der Waals surface area contributed by atoms with E-state index in [0.717, 1.165) is 24.9 Å². The summed E-state index contributed by atoms with van der Waals surface area (Å²) < 4.78 is 27.4. The molecule has 33 heavy (non-hydrogen) atoms. The summed E-state index contributed by atoms with van der Waals surface area (Å²) in [5.74, 6) is 0.0180. The first-order valence-electron chi connectivity index (χ1n) is 11.2. The van der Waals surface area contributed by atoms with Gasteiger partial charge in [-0.1, -0.05) is 6.42 Å². The first kappa shape index (κ1) is 23.2. The largest absolute Gasteiger partial charge is 0.368 e. The fraction of sp³-hybridized carbons (Fsp3) is 0.435. The highest BCUT2D eigenvalue weighted by molar-refractivity contribution is 7.89. The summed E-state index contributed by atoms with van der Waals surface area (Å²) in [5.41, 5.74) is 1.90. The van der Waals surface area contributed by atoms with E-state index in [1.54, 1.807) is 18.2 Å². The van der Waals surface area contributed by atoms with Crippen LogP contribution in [0.15, 0.2) is 47.4 Å². The molecule has 0 amide bonds. The second-order valence-electron chi connectivity index (χ2n) is 8.45. The molecule has 2 heterocycles. The van der Waals surface area contributed by atoms with E-state index in [1.165, 1.54) is 23.4 Å². The topological polar surface area (TPSA) is 104 Å². The Bertz CT molecular complexity index is 1140. The first-order valence-corrected chi connectivity index (χ1v) is 12.6. The van der Waals surface area contributed by atoms with Gasteiger partial charge in [0.15, 0.2) is 5.78 Å². The maximum Gasteiger partial charge on any atom is 0.293 e. The minimum absolute atomic E-state index is 0.0180. The average molecular weight is 473 g/mol. The molecule has 0 aliphatic carbocycles. The number of piperidine rings is 1. The summed E-state index contributed by atoms with van der Waals surface area (Å²) in [5, 5.41) is 11.8. The monoisotopic (exact) mass is 472 g/mol. The molecule has 0 atom stereocenters. The molecule has 0 bridgehead atoms. The van der Waals surface area contributed by atoms with Gasteiger partial charge in [0.05, 0.1) is 9.82 Å². The van der Waals surface area contributed by atoms with Crippen molar-refractivity contribution in [2.24, 2.45) is 0 Å². The Labute approximate surface area is 193 Å². The Kier molecular flexibility index (Phi) is 6.66. The van der Waals surface area contributed by atoms with Crippen molar-refractivity contribution in [1.82, 2.24) is 4.31 Å². The van der Waals surface area contributed by atoms with Crippen molar-refractivity contribution < 1.29 is 18.1 Å². The van der Waals surface area contributed by atoms with Crippen LogP contribution in [0.3, 0.4) is 0 Å². The summed E-state index contributed by atoms with van der Waals surface area (Å²) in [4.78, 5) is 26.9. The third kappa shape index (κ3) is 4.86. The van der Waals surface area contributed by atoms with Gasteiger partial charge in [0.25, 0.3) is 5.69 Å². The third-order valence-electron chi connectivity index (χ3n) is 6.36. The maximum absolute atomic E-state index is 13.0. The fourth-order valence-corrected chi connectivity index (χ4v) is 5.98. The number of nitrogens with zero attached hydrogens (tertiary/aromatic N) is 4. The van der Waals surface area contributed by atoms with Gasteiger partial charge in [-0.2, -0.15) is 4.31 Å². The van der Waals surface area contributed by atoms with Gasteiger partial charge >= 0.3 is 0 Å². The van der Waals surface area contributed by atoms with E-state index in [4.69, 9.17) is 0 Å². The number of carbonyl (C=O) groups excluding carboxylic acids is 1. The van der Waals surface area contributed by atoms with Gasteiger partial charge in [0.1, 0.15) is 5.69 Å². The van der Waals surface area contributed by atoms with Gasteiger partial charge in [-0.3, -0.25) is 14.9 Å². The number of Topliss-reactive ketones (excluding diaryl/α,β-unsaturated/α-hetero) is 1. The van der Waals surface area contributed by atoms with Crippen molar-refractivity contribution in [3.63, 3.8) is 0 Å². The lowest BCUT2D eigenvalue weighted by molar-refractivity contribution is -0.384. The molecule has 2 aromatic carbocycles. The third-order valence-corrected chi connectivity index (χ3v) is 8.25. The van der Waals surface area contributed by atoms with Crippen LogP contribution in [0.25, 0.3) is 0 Å². The Hall–Kier alpha value is -2.98. The lowest BCUT2D eigenvalue weighted by Gasteiger charge is -2.37. The van der Waals surface area contributed by atoms with Crippen molar-refractivity contribution in [3.8, 4) is 0 Å². The summed E-state index contributed by atoms with van der Waals surface area (Å²) in [6, 6.07) is 11.7. The highest BCUT2D eigenvalue weighted by Gasteiger charge is 2.30. The van der Waals surface area contributed by atoms with Crippen LogP contribution < -0.4 is 9.80 Å². The molecule has 4 rings (SSSR count). The normalized spacial score (nSPS) is 17.7. The van der Waals surface area contributed by atoms with E-state index >= 15 is 0 Å². The molecular formula is C23H28N4O5S. The van der Waals surface area contributed by atoms with E-state index in [1.807, 2.05) is 17.0 Å². The highest BCUT2D eigenvalue weighted by Crippen LogP contribution is 2.33. The number of carbonyl (C=O) groups is 1. The predicted molar refractivity (Wildman–Crippen MR) is 127 cm³/mol. The number of hydrogen-bond donors (Lipinski definition) is 0. The zero-order chi connectivity index (χ0) is 23.6. The summed E-state index contributed by atoms with van der Waals surface area (Å²) in [6.07, 6.45) is 2.61. The van der Waals surface area contributed by atoms with Crippen LogP contribution in [0.1, 0.15) is 36.5 Å². The molecule has 2 aliphatic heterocycles. The average Bonchev–Trinajstić information content (AvgIpc) is 2.84. The molecule has 2 fully saturated rings. The number of rotatable bonds is 6. The standard InChI is InChI=1S/C23H28N4O5S/c1-18(28)19-5-7-20(8-6-19)24-13-15-25(16-14-24)22-10-9-21(17-23(22)27(29)30)33(31,32)26-11-3-2-4-12-26/h5-10,17H,2-4,11-16H2,1H3. The van der Waals surface area contributed by atoms with E-state index in [9.17, 15) is 23.3 Å². The van der Waals surface area contributed by atoms with Crippen LogP contribution in [0.4, 0.5) is 17.1 Å². The van der Waals surface area contributed by atoms with Crippen LogP contribution in [0, 0.1) is 10.1 Å². The molecule has 2 aliphatic rings. The SMILES string of the molecule is CC(=O)c1ccc(N2CCN(c3ccc(S(=O)(=O)N4CCCCC4)cc3[N+](=O)[O-])CC2)cc1. The molecule has 0 aromatic heterocycles. The van der Waals surface area contributed by atoms with Crippen LogP contribution in [-0.4, -0.2) is 62.7 Å². The van der Waals surface area contributed by atoms with Gasteiger partial charge in [0.2, 0.25) is 10.0 Å². The van der Waals surface area contributed by atoms with Gasteiger partial charge in [-0.25, -0.2) is 8.42 Å². The van der Waals surface area contributed by atoms with E-state index in [0.29, 0.717) is 50.5 Å². The molecule has 0 saturated carbocycles. The number of nitro groups is 1. The maximum atomic E-state index is 13.0. The number of piperazine rings is 1. The molecule has 9 nitrogen and oxygen atoms in total. The quantitative estimate of drug-likeness (QED) is 0.361. The number of anilines is 2. The molecule has 2 saturated heterocycles. The van der Waals surface area contributed by atoms with Crippen molar-refractivity contribution in [3.05, 3.63) is 58.1 Å². The van der Waals surface area contributed by atoms with E-state index in [-0.39, 0.29) is 16.4 Å². The molecule has 2 aromatic rings. The minimum atomic E-state index is -3.74. The minimum Gasteiger partial charge on any atom is -0.368 e. The molecule has 0 spiro atoms. The Morgan fingerprint density at radius 2 is 1.48 bits per heavy atom. The van der Waals surface area contributed by atoms with Crippen LogP contribution in [-0.2, 0) is 10.0 Å². The molecule has 176 valence electrons. The van der Waals surface area contributed by atoms with E-state index in [2.05, 4.69) is 4.90 Å². The Balaban J connectivity index is 1.51. The fourth-order valence-electron chi connectivity index (χ4n) is 4.44. The van der Waals surface area contributed by atoms with Crippen molar-refractivity contribution in [1.29, 1.82) is 0 Å².